The highest BCUT2D eigenvalue weighted by atomic mass is 32.2. The van der Waals surface area contributed by atoms with Crippen LogP contribution in [-0.4, -0.2) is 42.9 Å². The maximum Gasteiger partial charge on any atom is 0.243 e. The fraction of sp³-hybridized carbons (Fsp3) is 0.462. The van der Waals surface area contributed by atoms with E-state index in [1.165, 1.54) is 18.2 Å². The Hall–Kier alpha value is -1.80. The average molecular weight is 315 g/mol. The van der Waals surface area contributed by atoms with Crippen molar-refractivity contribution in [2.75, 3.05) is 18.8 Å². The highest BCUT2D eigenvalue weighted by molar-refractivity contribution is 7.89. The van der Waals surface area contributed by atoms with Crippen LogP contribution in [-0.2, 0) is 14.8 Å². The maximum absolute atomic E-state index is 12.5. The van der Waals surface area contributed by atoms with E-state index in [0.29, 0.717) is 0 Å². The van der Waals surface area contributed by atoms with Crippen molar-refractivity contribution in [3.05, 3.63) is 18.2 Å². The number of carbonyl (C=O) groups is 1. The van der Waals surface area contributed by atoms with Crippen LogP contribution in [0.25, 0.3) is 0 Å². The van der Waals surface area contributed by atoms with Gasteiger partial charge in [0.05, 0.1) is 17.1 Å². The second-order valence-corrected chi connectivity index (χ2v) is 6.81. The number of nitrogens with one attached hydrogen (secondary N) is 1. The number of benzene rings is 1. The van der Waals surface area contributed by atoms with E-state index in [-0.39, 0.29) is 41.4 Å². The van der Waals surface area contributed by atoms with E-state index in [1.54, 1.807) is 20.8 Å². The Morgan fingerprint density at radius 1 is 1.43 bits per heavy atom. The van der Waals surface area contributed by atoms with Crippen molar-refractivity contribution in [2.45, 2.75) is 31.7 Å². The molecule has 8 heteroatoms. The molecular formula is C13H21N3O4S. The first-order chi connectivity index (χ1) is 9.68. The molecule has 0 radical (unpaired) electrons. The molecule has 0 heterocycles. The van der Waals surface area contributed by atoms with E-state index in [9.17, 15) is 18.3 Å². The molecule has 0 fully saturated rings. The molecule has 0 unspecified atom stereocenters. The van der Waals surface area contributed by atoms with Crippen LogP contribution in [0.3, 0.4) is 0 Å². The molecule has 21 heavy (non-hydrogen) atoms. The van der Waals surface area contributed by atoms with Gasteiger partial charge in [-0.1, -0.05) is 6.92 Å². The van der Waals surface area contributed by atoms with Crippen LogP contribution in [0, 0.1) is 0 Å². The van der Waals surface area contributed by atoms with E-state index >= 15 is 0 Å². The summed E-state index contributed by atoms with van der Waals surface area (Å²) in [4.78, 5) is 11.7. The smallest absolute Gasteiger partial charge is 0.243 e. The SMILES string of the molecule is CCN(CC(=O)NC(C)C)S(=O)(=O)c1ccc(O)c(N)c1. The molecule has 0 aliphatic heterocycles. The second kappa shape index (κ2) is 6.77. The van der Waals surface area contributed by atoms with Crippen molar-refractivity contribution in [1.82, 2.24) is 9.62 Å². The Balaban J connectivity index is 3.02. The molecule has 1 rings (SSSR count). The number of likely N-dealkylation sites (N-methyl/N-ethyl adjacent to an activating group) is 1. The molecule has 1 amide bonds. The van der Waals surface area contributed by atoms with Crippen molar-refractivity contribution >= 4 is 21.6 Å². The maximum atomic E-state index is 12.5. The summed E-state index contributed by atoms with van der Waals surface area (Å²) in [6.07, 6.45) is 0. The van der Waals surface area contributed by atoms with Gasteiger partial charge in [-0.25, -0.2) is 8.42 Å². The number of nitrogen functional groups attached to an aromatic ring is 1. The quantitative estimate of drug-likeness (QED) is 0.523. The lowest BCUT2D eigenvalue weighted by atomic mass is 10.3. The fourth-order valence-corrected chi connectivity index (χ4v) is 3.18. The highest BCUT2D eigenvalue weighted by Crippen LogP contribution is 2.25. The molecule has 0 aliphatic carbocycles. The summed E-state index contributed by atoms with van der Waals surface area (Å²) in [5.74, 6) is -0.559. The molecule has 118 valence electrons. The van der Waals surface area contributed by atoms with Gasteiger partial charge in [-0.05, 0) is 32.0 Å². The molecule has 4 N–H and O–H groups in total. The second-order valence-electron chi connectivity index (χ2n) is 4.87. The zero-order valence-corrected chi connectivity index (χ0v) is 13.1. The van der Waals surface area contributed by atoms with Crippen LogP contribution in [0.5, 0.6) is 5.75 Å². The van der Waals surface area contributed by atoms with Gasteiger partial charge < -0.3 is 16.2 Å². The summed E-state index contributed by atoms with van der Waals surface area (Å²) >= 11 is 0. The topological polar surface area (TPSA) is 113 Å². The van der Waals surface area contributed by atoms with Crippen LogP contribution in [0.1, 0.15) is 20.8 Å². The number of nitrogens with zero attached hydrogens (tertiary/aromatic N) is 1. The zero-order chi connectivity index (χ0) is 16.2. The number of aromatic hydroxyl groups is 1. The van der Waals surface area contributed by atoms with E-state index < -0.39 is 10.0 Å². The van der Waals surface area contributed by atoms with Crippen LogP contribution in [0.2, 0.25) is 0 Å². The van der Waals surface area contributed by atoms with Gasteiger partial charge in [0.2, 0.25) is 15.9 Å². The molecule has 0 atom stereocenters. The molecule has 0 saturated heterocycles. The standard InChI is InChI=1S/C13H21N3O4S/c1-4-16(8-13(18)15-9(2)3)21(19,20)10-5-6-12(17)11(14)7-10/h5-7,9,17H,4,8,14H2,1-3H3,(H,15,18). The summed E-state index contributed by atoms with van der Waals surface area (Å²) in [5, 5.41) is 12.0. The Kier molecular flexibility index (Phi) is 5.56. The van der Waals surface area contributed by atoms with Crippen molar-refractivity contribution in [3.63, 3.8) is 0 Å². The normalized spacial score (nSPS) is 11.9. The first-order valence-corrected chi connectivity index (χ1v) is 8.00. The van der Waals surface area contributed by atoms with E-state index in [0.717, 1.165) is 4.31 Å². The average Bonchev–Trinajstić information content (AvgIpc) is 2.37. The number of sulfonamides is 1. The van der Waals surface area contributed by atoms with Gasteiger partial charge in [0.1, 0.15) is 5.75 Å². The summed E-state index contributed by atoms with van der Waals surface area (Å²) in [6, 6.07) is 3.57. The molecule has 0 saturated carbocycles. The Morgan fingerprint density at radius 2 is 2.05 bits per heavy atom. The third-order valence-electron chi connectivity index (χ3n) is 2.76. The van der Waals surface area contributed by atoms with Crippen molar-refractivity contribution in [3.8, 4) is 5.75 Å². The van der Waals surface area contributed by atoms with Crippen molar-refractivity contribution in [2.24, 2.45) is 0 Å². The lowest BCUT2D eigenvalue weighted by Crippen LogP contribution is -2.42. The summed E-state index contributed by atoms with van der Waals surface area (Å²) in [7, 11) is -3.84. The molecular weight excluding hydrogens is 294 g/mol. The number of anilines is 1. The number of hydrogen-bond donors (Lipinski definition) is 3. The van der Waals surface area contributed by atoms with Gasteiger partial charge in [0, 0.05) is 12.6 Å². The Bertz CT molecular complexity index is 614. The molecule has 0 spiro atoms. The van der Waals surface area contributed by atoms with Gasteiger partial charge in [0.15, 0.2) is 0 Å². The fourth-order valence-electron chi connectivity index (χ4n) is 1.74. The molecule has 0 aliphatic rings. The third-order valence-corrected chi connectivity index (χ3v) is 4.68. The minimum absolute atomic E-state index is 0.0289. The van der Waals surface area contributed by atoms with Gasteiger partial charge in [-0.3, -0.25) is 4.79 Å². The number of amides is 1. The first-order valence-electron chi connectivity index (χ1n) is 6.56. The Morgan fingerprint density at radius 3 is 2.52 bits per heavy atom. The molecule has 7 nitrogen and oxygen atoms in total. The van der Waals surface area contributed by atoms with Gasteiger partial charge in [-0.15, -0.1) is 0 Å². The molecule has 1 aromatic rings. The zero-order valence-electron chi connectivity index (χ0n) is 12.3. The summed E-state index contributed by atoms with van der Waals surface area (Å²) < 4.78 is 26.0. The summed E-state index contributed by atoms with van der Waals surface area (Å²) in [6.45, 7) is 5.11. The number of phenolic OH excluding ortho intramolecular Hbond substituents is 1. The van der Waals surface area contributed by atoms with E-state index in [4.69, 9.17) is 5.73 Å². The summed E-state index contributed by atoms with van der Waals surface area (Å²) in [5.41, 5.74) is 5.48. The van der Waals surface area contributed by atoms with Gasteiger partial charge in [0.25, 0.3) is 0 Å². The monoisotopic (exact) mass is 315 g/mol. The minimum atomic E-state index is -3.84. The van der Waals surface area contributed by atoms with E-state index in [1.807, 2.05) is 0 Å². The first kappa shape index (κ1) is 17.3. The van der Waals surface area contributed by atoms with Gasteiger partial charge in [-0.2, -0.15) is 4.31 Å². The predicted molar refractivity (Wildman–Crippen MR) is 80.2 cm³/mol. The molecule has 0 bridgehead atoms. The van der Waals surface area contributed by atoms with Crippen LogP contribution in [0.15, 0.2) is 23.1 Å². The predicted octanol–water partition coefficient (Wildman–Crippen LogP) is 0.510. The van der Waals surface area contributed by atoms with E-state index in [2.05, 4.69) is 5.32 Å². The molecule has 0 aromatic heterocycles. The van der Waals surface area contributed by atoms with Crippen molar-refractivity contribution in [1.29, 1.82) is 0 Å². The van der Waals surface area contributed by atoms with Crippen molar-refractivity contribution < 1.29 is 18.3 Å². The highest BCUT2D eigenvalue weighted by Gasteiger charge is 2.26. The number of nitrogens with two attached hydrogens (primary N) is 1. The number of carbonyl (C=O) groups excluding carboxylic acids is 1. The third kappa shape index (κ3) is 4.33. The van der Waals surface area contributed by atoms with Crippen LogP contribution < -0.4 is 11.1 Å². The van der Waals surface area contributed by atoms with Crippen LogP contribution >= 0.6 is 0 Å². The molecule has 1 aromatic carbocycles. The lowest BCUT2D eigenvalue weighted by Gasteiger charge is -2.21. The Labute approximate surface area is 124 Å². The number of phenols is 1. The minimum Gasteiger partial charge on any atom is -0.506 e. The van der Waals surface area contributed by atoms with Gasteiger partial charge >= 0.3 is 0 Å². The largest absolute Gasteiger partial charge is 0.506 e. The lowest BCUT2D eigenvalue weighted by molar-refractivity contribution is -0.121. The van der Waals surface area contributed by atoms with Crippen LogP contribution in [0.4, 0.5) is 5.69 Å². The number of hydrogen-bond acceptors (Lipinski definition) is 5. The number of rotatable bonds is 6.